The molecule has 0 radical (unpaired) electrons. The predicted molar refractivity (Wildman–Crippen MR) is 104 cm³/mol. The number of hydrogen-bond donors (Lipinski definition) is 1. The minimum absolute atomic E-state index is 0.0306. The molecule has 0 aliphatic carbocycles. The van der Waals surface area contributed by atoms with E-state index in [-0.39, 0.29) is 24.4 Å². The number of Topliss-reactive ketones (excluding diaryl/α,β-unsaturated/α-hetero) is 2. The highest BCUT2D eigenvalue weighted by molar-refractivity contribution is 7.18. The number of para-hydroxylation sites is 1. The number of nitrogens with one attached hydrogen (secondary N) is 1. The number of carbonyl (C=O) groups excluding carboxylic acids is 4. The first kappa shape index (κ1) is 20.8. The van der Waals surface area contributed by atoms with E-state index in [1.54, 1.807) is 36.4 Å². The third-order valence-electron chi connectivity index (χ3n) is 3.65. The van der Waals surface area contributed by atoms with E-state index in [1.807, 2.05) is 0 Å². The summed E-state index contributed by atoms with van der Waals surface area (Å²) in [5.74, 6) is -1.62. The van der Waals surface area contributed by atoms with Gasteiger partial charge < -0.3 is 10.1 Å². The number of ether oxygens (including phenoxy) is 1. The summed E-state index contributed by atoms with van der Waals surface area (Å²) in [4.78, 5) is 48.1. The highest BCUT2D eigenvalue weighted by Crippen LogP contribution is 2.23. The lowest BCUT2D eigenvalue weighted by atomic mass is 10.1. The van der Waals surface area contributed by atoms with Crippen LogP contribution in [0.25, 0.3) is 0 Å². The Kier molecular flexibility index (Phi) is 7.27. The van der Waals surface area contributed by atoms with Crippen LogP contribution in [0.4, 0.5) is 5.69 Å². The van der Waals surface area contributed by atoms with Crippen LogP contribution in [0.1, 0.15) is 46.7 Å². The molecule has 0 saturated heterocycles. The minimum Gasteiger partial charge on any atom is -0.453 e. The second kappa shape index (κ2) is 9.43. The van der Waals surface area contributed by atoms with Crippen LogP contribution in [0, 0.1) is 0 Å². The van der Waals surface area contributed by atoms with Gasteiger partial charge in [0.25, 0.3) is 5.91 Å². The first-order valence-electron chi connectivity index (χ1n) is 8.16. The van der Waals surface area contributed by atoms with Crippen LogP contribution >= 0.6 is 22.9 Å². The highest BCUT2D eigenvalue weighted by atomic mass is 35.5. The Labute approximate surface area is 165 Å². The lowest BCUT2D eigenvalue weighted by Gasteiger charge is -2.14. The molecule has 0 fully saturated rings. The van der Waals surface area contributed by atoms with E-state index in [0.29, 0.717) is 20.5 Å². The topological polar surface area (TPSA) is 89.5 Å². The maximum absolute atomic E-state index is 12.2. The first-order chi connectivity index (χ1) is 12.8. The van der Waals surface area contributed by atoms with Crippen LogP contribution < -0.4 is 5.32 Å². The number of hydrogen-bond acceptors (Lipinski definition) is 6. The lowest BCUT2D eigenvalue weighted by molar-refractivity contribution is -0.153. The van der Waals surface area contributed by atoms with Crippen LogP contribution in [-0.2, 0) is 14.3 Å². The van der Waals surface area contributed by atoms with Crippen LogP contribution in [0.3, 0.4) is 0 Å². The van der Waals surface area contributed by atoms with Crippen LogP contribution in [0.5, 0.6) is 0 Å². The zero-order valence-corrected chi connectivity index (χ0v) is 16.4. The Morgan fingerprint density at radius 3 is 2.44 bits per heavy atom. The van der Waals surface area contributed by atoms with Crippen molar-refractivity contribution in [3.05, 3.63) is 51.2 Å². The Morgan fingerprint density at radius 1 is 1.11 bits per heavy atom. The summed E-state index contributed by atoms with van der Waals surface area (Å²) in [6, 6.07) is 9.77. The molecule has 0 saturated carbocycles. The standard InChI is InChI=1S/C19H18ClNO5S/c1-11(22)13-5-3-4-6-14(13)21-19(25)12(2)26-18(24)10-7-15(23)16-8-9-17(20)27-16/h3-6,8-9,12H,7,10H2,1-2H3,(H,21,25)/t12-/m0/s1. The highest BCUT2D eigenvalue weighted by Gasteiger charge is 2.20. The van der Waals surface area contributed by atoms with Crippen molar-refractivity contribution < 1.29 is 23.9 Å². The van der Waals surface area contributed by atoms with Crippen molar-refractivity contribution in [3.63, 3.8) is 0 Å². The normalized spacial score (nSPS) is 11.5. The number of ketones is 2. The zero-order valence-electron chi connectivity index (χ0n) is 14.8. The predicted octanol–water partition coefficient (Wildman–Crippen LogP) is 4.14. The van der Waals surface area contributed by atoms with Crippen molar-refractivity contribution in [2.45, 2.75) is 32.8 Å². The molecule has 2 rings (SSSR count). The molecule has 0 unspecified atom stereocenters. The van der Waals surface area contributed by atoms with Gasteiger partial charge in [0.05, 0.1) is 21.3 Å². The van der Waals surface area contributed by atoms with Gasteiger partial charge in [0, 0.05) is 12.0 Å². The Morgan fingerprint density at radius 2 is 1.81 bits per heavy atom. The van der Waals surface area contributed by atoms with Gasteiger partial charge in [-0.15, -0.1) is 11.3 Å². The number of esters is 1. The average Bonchev–Trinajstić information content (AvgIpc) is 3.06. The molecule has 0 aliphatic heterocycles. The fraction of sp³-hybridized carbons (Fsp3) is 0.263. The summed E-state index contributed by atoms with van der Waals surface area (Å²) >= 11 is 6.92. The molecule has 1 atom stereocenters. The molecule has 1 amide bonds. The van der Waals surface area contributed by atoms with Gasteiger partial charge in [0.15, 0.2) is 17.7 Å². The molecule has 8 heteroatoms. The quantitative estimate of drug-likeness (QED) is 0.524. The van der Waals surface area contributed by atoms with Gasteiger partial charge in [-0.05, 0) is 38.1 Å². The zero-order chi connectivity index (χ0) is 20.0. The van der Waals surface area contributed by atoms with E-state index in [2.05, 4.69) is 5.32 Å². The molecular weight excluding hydrogens is 390 g/mol. The Balaban J connectivity index is 1.86. The number of halogens is 1. The lowest BCUT2D eigenvalue weighted by Crippen LogP contribution is -2.30. The second-order valence-corrected chi connectivity index (χ2v) is 7.47. The number of thiophene rings is 1. The van der Waals surface area contributed by atoms with Crippen molar-refractivity contribution in [1.29, 1.82) is 0 Å². The van der Waals surface area contributed by atoms with Crippen molar-refractivity contribution in [2.75, 3.05) is 5.32 Å². The molecule has 0 aliphatic rings. The first-order valence-corrected chi connectivity index (χ1v) is 9.36. The Bertz CT molecular complexity index is 876. The fourth-order valence-corrected chi connectivity index (χ4v) is 3.26. The molecule has 27 heavy (non-hydrogen) atoms. The molecule has 1 aromatic carbocycles. The van der Waals surface area contributed by atoms with E-state index < -0.39 is 18.0 Å². The summed E-state index contributed by atoms with van der Waals surface area (Å²) < 4.78 is 5.56. The minimum atomic E-state index is -1.07. The third-order valence-corrected chi connectivity index (χ3v) is 4.92. The van der Waals surface area contributed by atoms with E-state index >= 15 is 0 Å². The van der Waals surface area contributed by atoms with Gasteiger partial charge in [-0.25, -0.2) is 0 Å². The van der Waals surface area contributed by atoms with Gasteiger partial charge in [-0.3, -0.25) is 19.2 Å². The molecule has 0 spiro atoms. The molecular formula is C19H18ClNO5S. The fourth-order valence-electron chi connectivity index (χ4n) is 2.25. The maximum Gasteiger partial charge on any atom is 0.307 e. The van der Waals surface area contributed by atoms with Crippen molar-refractivity contribution in [3.8, 4) is 0 Å². The van der Waals surface area contributed by atoms with Crippen molar-refractivity contribution in [2.24, 2.45) is 0 Å². The smallest absolute Gasteiger partial charge is 0.307 e. The number of anilines is 1. The van der Waals surface area contributed by atoms with Crippen LogP contribution in [0.2, 0.25) is 4.34 Å². The Hall–Kier alpha value is -2.51. The van der Waals surface area contributed by atoms with E-state index in [4.69, 9.17) is 16.3 Å². The summed E-state index contributed by atoms with van der Waals surface area (Å²) in [5.41, 5.74) is 0.715. The van der Waals surface area contributed by atoms with Crippen molar-refractivity contribution >= 4 is 52.1 Å². The second-order valence-electron chi connectivity index (χ2n) is 5.75. The summed E-state index contributed by atoms with van der Waals surface area (Å²) in [7, 11) is 0. The summed E-state index contributed by atoms with van der Waals surface area (Å²) in [6.45, 7) is 2.82. The number of amides is 1. The maximum atomic E-state index is 12.2. The van der Waals surface area contributed by atoms with Gasteiger partial charge in [-0.2, -0.15) is 0 Å². The van der Waals surface area contributed by atoms with Crippen LogP contribution in [-0.4, -0.2) is 29.5 Å². The van der Waals surface area contributed by atoms with E-state index in [1.165, 1.54) is 13.8 Å². The number of benzene rings is 1. The molecule has 1 aromatic heterocycles. The molecule has 1 heterocycles. The van der Waals surface area contributed by atoms with Gasteiger partial charge >= 0.3 is 5.97 Å². The monoisotopic (exact) mass is 407 g/mol. The van der Waals surface area contributed by atoms with E-state index in [9.17, 15) is 19.2 Å². The molecule has 2 aromatic rings. The average molecular weight is 408 g/mol. The third kappa shape index (κ3) is 6.01. The summed E-state index contributed by atoms with van der Waals surface area (Å²) in [6.07, 6.45) is -1.24. The summed E-state index contributed by atoms with van der Waals surface area (Å²) in [5, 5.41) is 2.57. The SMILES string of the molecule is CC(=O)c1ccccc1NC(=O)[C@H](C)OC(=O)CCC(=O)c1ccc(Cl)s1. The molecule has 142 valence electrons. The number of carbonyl (C=O) groups is 4. The molecule has 1 N–H and O–H groups in total. The van der Waals surface area contributed by atoms with Gasteiger partial charge in [-0.1, -0.05) is 23.7 Å². The largest absolute Gasteiger partial charge is 0.453 e. The van der Waals surface area contributed by atoms with Crippen molar-refractivity contribution in [1.82, 2.24) is 0 Å². The van der Waals surface area contributed by atoms with Gasteiger partial charge in [0.1, 0.15) is 0 Å². The molecule has 6 nitrogen and oxygen atoms in total. The van der Waals surface area contributed by atoms with E-state index in [0.717, 1.165) is 11.3 Å². The number of rotatable bonds is 8. The molecule has 0 bridgehead atoms. The van der Waals surface area contributed by atoms with Gasteiger partial charge in [0.2, 0.25) is 0 Å². The van der Waals surface area contributed by atoms with Crippen LogP contribution in [0.15, 0.2) is 36.4 Å².